The molecule has 2 rings (SSSR count). The van der Waals surface area contributed by atoms with Gasteiger partial charge in [0.2, 0.25) is 5.76 Å². The van der Waals surface area contributed by atoms with Gasteiger partial charge in [-0.25, -0.2) is 4.79 Å². The fourth-order valence-corrected chi connectivity index (χ4v) is 2.63. The first kappa shape index (κ1) is 18.3. The van der Waals surface area contributed by atoms with Crippen molar-refractivity contribution in [3.8, 4) is 6.07 Å². The number of ether oxygens (including phenoxy) is 2. The SMILES string of the molecule is CCOC1CC(NC(=O)OC(C)(C)C)C1NCc1ccc(C#N)o1. The van der Waals surface area contributed by atoms with Crippen LogP contribution in [0.2, 0.25) is 0 Å². The summed E-state index contributed by atoms with van der Waals surface area (Å²) < 4.78 is 16.3. The van der Waals surface area contributed by atoms with Crippen LogP contribution in [0.5, 0.6) is 0 Å². The van der Waals surface area contributed by atoms with E-state index in [1.807, 2.05) is 33.8 Å². The highest BCUT2D eigenvalue weighted by atomic mass is 16.6. The molecule has 1 aromatic heterocycles. The summed E-state index contributed by atoms with van der Waals surface area (Å²) in [6, 6.07) is 5.25. The second-order valence-corrected chi connectivity index (χ2v) is 6.77. The predicted molar refractivity (Wildman–Crippen MR) is 87.2 cm³/mol. The number of nitrogens with zero attached hydrogens (tertiary/aromatic N) is 1. The van der Waals surface area contributed by atoms with Crippen LogP contribution in [0, 0.1) is 11.3 Å². The zero-order chi connectivity index (χ0) is 17.7. The van der Waals surface area contributed by atoms with Crippen LogP contribution < -0.4 is 10.6 Å². The molecule has 0 saturated heterocycles. The average Bonchev–Trinajstić information content (AvgIpc) is 2.92. The zero-order valence-corrected chi connectivity index (χ0v) is 14.6. The molecule has 1 heterocycles. The molecular formula is C17H25N3O4. The van der Waals surface area contributed by atoms with E-state index in [9.17, 15) is 4.79 Å². The molecule has 3 unspecified atom stereocenters. The number of alkyl carbamates (subject to hydrolysis) is 1. The van der Waals surface area contributed by atoms with Gasteiger partial charge in [0.05, 0.1) is 24.7 Å². The first-order valence-corrected chi connectivity index (χ1v) is 8.15. The van der Waals surface area contributed by atoms with Crippen LogP contribution in [0.25, 0.3) is 0 Å². The lowest BCUT2D eigenvalue weighted by Crippen LogP contribution is -2.66. The zero-order valence-electron chi connectivity index (χ0n) is 14.6. The molecule has 0 spiro atoms. The lowest BCUT2D eigenvalue weighted by molar-refractivity contribution is -0.0442. The summed E-state index contributed by atoms with van der Waals surface area (Å²) in [5.74, 6) is 0.954. The molecule has 7 nitrogen and oxygen atoms in total. The summed E-state index contributed by atoms with van der Waals surface area (Å²) in [6.45, 7) is 8.50. The number of nitrogens with one attached hydrogen (secondary N) is 2. The average molecular weight is 335 g/mol. The van der Waals surface area contributed by atoms with Gasteiger partial charge < -0.3 is 24.5 Å². The highest BCUT2D eigenvalue weighted by Gasteiger charge is 2.43. The van der Waals surface area contributed by atoms with E-state index in [1.165, 1.54) is 0 Å². The van der Waals surface area contributed by atoms with E-state index in [2.05, 4.69) is 10.6 Å². The highest BCUT2D eigenvalue weighted by molar-refractivity contribution is 5.68. The first-order chi connectivity index (χ1) is 11.3. The van der Waals surface area contributed by atoms with Crippen molar-refractivity contribution in [2.75, 3.05) is 6.61 Å². The second-order valence-electron chi connectivity index (χ2n) is 6.77. The van der Waals surface area contributed by atoms with E-state index < -0.39 is 11.7 Å². The summed E-state index contributed by atoms with van der Waals surface area (Å²) in [7, 11) is 0. The number of carbonyl (C=O) groups excluding carboxylic acids is 1. The van der Waals surface area contributed by atoms with Crippen LogP contribution in [0.15, 0.2) is 16.5 Å². The summed E-state index contributed by atoms with van der Waals surface area (Å²) in [5.41, 5.74) is -0.530. The Hall–Kier alpha value is -2.04. The molecule has 2 N–H and O–H groups in total. The van der Waals surface area contributed by atoms with Crippen LogP contribution in [-0.4, -0.2) is 36.5 Å². The second kappa shape index (κ2) is 7.69. The lowest BCUT2D eigenvalue weighted by Gasteiger charge is -2.44. The van der Waals surface area contributed by atoms with Gasteiger partial charge in [0, 0.05) is 6.61 Å². The maximum atomic E-state index is 11.9. The summed E-state index contributed by atoms with van der Waals surface area (Å²) >= 11 is 0. The Morgan fingerprint density at radius 2 is 2.21 bits per heavy atom. The molecule has 1 aliphatic carbocycles. The molecule has 1 saturated carbocycles. The van der Waals surface area contributed by atoms with Crippen molar-refractivity contribution >= 4 is 6.09 Å². The maximum absolute atomic E-state index is 11.9. The Morgan fingerprint density at radius 3 is 2.79 bits per heavy atom. The van der Waals surface area contributed by atoms with E-state index in [0.29, 0.717) is 18.9 Å². The van der Waals surface area contributed by atoms with Gasteiger partial charge in [0.1, 0.15) is 17.4 Å². The molecule has 1 aromatic rings. The van der Waals surface area contributed by atoms with Gasteiger partial charge in [-0.05, 0) is 46.2 Å². The number of hydrogen-bond donors (Lipinski definition) is 2. The number of carbonyl (C=O) groups is 1. The van der Waals surface area contributed by atoms with Gasteiger partial charge in [0.15, 0.2) is 0 Å². The maximum Gasteiger partial charge on any atom is 0.407 e. The standard InChI is InChI=1S/C17H25N3O4/c1-5-22-14-8-13(20-16(21)24-17(2,3)4)15(14)19-10-12-7-6-11(9-18)23-12/h6-7,13-15,19H,5,8,10H2,1-4H3,(H,20,21). The largest absolute Gasteiger partial charge is 0.449 e. The third-order valence-corrected chi connectivity index (χ3v) is 3.69. The minimum Gasteiger partial charge on any atom is -0.449 e. The van der Waals surface area contributed by atoms with Gasteiger partial charge in [-0.2, -0.15) is 5.26 Å². The van der Waals surface area contributed by atoms with Crippen LogP contribution in [-0.2, 0) is 16.0 Å². The Bertz CT molecular complexity index is 600. The van der Waals surface area contributed by atoms with Crippen molar-refractivity contribution in [1.82, 2.24) is 10.6 Å². The summed E-state index contributed by atoms with van der Waals surface area (Å²) in [5, 5.41) is 15.0. The minimum absolute atomic E-state index is 0.0281. The molecule has 0 aromatic carbocycles. The molecule has 24 heavy (non-hydrogen) atoms. The van der Waals surface area contributed by atoms with Crippen LogP contribution >= 0.6 is 0 Å². The van der Waals surface area contributed by atoms with Crippen molar-refractivity contribution in [2.24, 2.45) is 0 Å². The number of furan rings is 1. The third-order valence-electron chi connectivity index (χ3n) is 3.69. The summed E-state index contributed by atoms with van der Waals surface area (Å²) in [6.07, 6.45) is 0.325. The predicted octanol–water partition coefficient (Wildman–Crippen LogP) is 2.31. The van der Waals surface area contributed by atoms with Crippen LogP contribution in [0.3, 0.4) is 0 Å². The van der Waals surface area contributed by atoms with Crippen molar-refractivity contribution in [3.05, 3.63) is 23.7 Å². The molecule has 132 valence electrons. The van der Waals surface area contributed by atoms with Gasteiger partial charge in [-0.3, -0.25) is 0 Å². The monoisotopic (exact) mass is 335 g/mol. The molecule has 0 bridgehead atoms. The van der Waals surface area contributed by atoms with Crippen molar-refractivity contribution in [3.63, 3.8) is 0 Å². The van der Waals surface area contributed by atoms with E-state index in [4.69, 9.17) is 19.2 Å². The number of rotatable bonds is 6. The molecule has 7 heteroatoms. The first-order valence-electron chi connectivity index (χ1n) is 8.15. The molecule has 1 amide bonds. The number of hydrogen-bond acceptors (Lipinski definition) is 6. The molecular weight excluding hydrogens is 310 g/mol. The third kappa shape index (κ3) is 4.98. The smallest absolute Gasteiger partial charge is 0.407 e. The lowest BCUT2D eigenvalue weighted by atomic mass is 9.82. The quantitative estimate of drug-likeness (QED) is 0.828. The summed E-state index contributed by atoms with van der Waals surface area (Å²) in [4.78, 5) is 11.9. The number of nitriles is 1. The van der Waals surface area contributed by atoms with Crippen LogP contribution in [0.1, 0.15) is 45.6 Å². The molecule has 0 radical (unpaired) electrons. The molecule has 3 atom stereocenters. The Morgan fingerprint density at radius 1 is 1.46 bits per heavy atom. The molecule has 0 aliphatic heterocycles. The van der Waals surface area contributed by atoms with E-state index in [0.717, 1.165) is 6.42 Å². The van der Waals surface area contributed by atoms with Crippen LogP contribution in [0.4, 0.5) is 4.79 Å². The van der Waals surface area contributed by atoms with E-state index in [-0.39, 0.29) is 23.9 Å². The fraction of sp³-hybridized carbons (Fsp3) is 0.647. The van der Waals surface area contributed by atoms with Crippen molar-refractivity contribution in [2.45, 2.75) is 64.4 Å². The van der Waals surface area contributed by atoms with Gasteiger partial charge >= 0.3 is 6.09 Å². The Kier molecular flexibility index (Phi) is 5.86. The normalized spacial score (nSPS) is 23.2. The molecule has 1 fully saturated rings. The minimum atomic E-state index is -0.530. The molecule has 1 aliphatic rings. The van der Waals surface area contributed by atoms with E-state index >= 15 is 0 Å². The Labute approximate surface area is 142 Å². The fourth-order valence-electron chi connectivity index (χ4n) is 2.63. The number of amides is 1. The van der Waals surface area contributed by atoms with Crippen molar-refractivity contribution < 1.29 is 18.7 Å². The van der Waals surface area contributed by atoms with Gasteiger partial charge in [0.25, 0.3) is 0 Å². The van der Waals surface area contributed by atoms with Gasteiger partial charge in [-0.15, -0.1) is 0 Å². The highest BCUT2D eigenvalue weighted by Crippen LogP contribution is 2.25. The van der Waals surface area contributed by atoms with E-state index in [1.54, 1.807) is 12.1 Å². The Balaban J connectivity index is 1.89. The van der Waals surface area contributed by atoms with Crippen molar-refractivity contribution in [1.29, 1.82) is 5.26 Å². The van der Waals surface area contributed by atoms with Gasteiger partial charge in [-0.1, -0.05) is 0 Å². The topological polar surface area (TPSA) is 96.5 Å².